The number of nitrogens with zero attached hydrogens (tertiary/aromatic N) is 1. The quantitative estimate of drug-likeness (QED) is 0.788. The van der Waals surface area contributed by atoms with E-state index in [-0.39, 0.29) is 23.8 Å². The largest absolute Gasteiger partial charge is 0.351 e. The number of nitrogens with one attached hydrogen (secondary N) is 1. The molecule has 0 radical (unpaired) electrons. The predicted molar refractivity (Wildman–Crippen MR) is 74.5 cm³/mol. The van der Waals surface area contributed by atoms with Crippen LogP contribution in [-0.4, -0.2) is 36.3 Å². The van der Waals surface area contributed by atoms with Crippen molar-refractivity contribution in [2.75, 3.05) is 19.6 Å². The zero-order chi connectivity index (χ0) is 13.9. The summed E-state index contributed by atoms with van der Waals surface area (Å²) in [7, 11) is 0. The van der Waals surface area contributed by atoms with E-state index in [4.69, 9.17) is 0 Å². The summed E-state index contributed by atoms with van der Waals surface area (Å²) in [4.78, 5) is 25.6. The van der Waals surface area contributed by atoms with Crippen molar-refractivity contribution in [2.45, 2.75) is 45.4 Å². The molecule has 2 fully saturated rings. The molecular formula is C15H24N2O2. The zero-order valence-electron chi connectivity index (χ0n) is 11.8. The maximum absolute atomic E-state index is 12.0. The van der Waals surface area contributed by atoms with E-state index < -0.39 is 0 Å². The van der Waals surface area contributed by atoms with Crippen molar-refractivity contribution in [3.8, 4) is 0 Å². The minimum Gasteiger partial charge on any atom is -0.351 e. The summed E-state index contributed by atoms with van der Waals surface area (Å²) in [5.41, 5.74) is 1.09. The van der Waals surface area contributed by atoms with Crippen LogP contribution in [0.25, 0.3) is 0 Å². The number of hydrogen-bond acceptors (Lipinski definition) is 2. The number of likely N-dealkylation sites (tertiary alicyclic amines) is 1. The van der Waals surface area contributed by atoms with Crippen LogP contribution in [0.1, 0.15) is 45.4 Å². The Balaban J connectivity index is 1.86. The van der Waals surface area contributed by atoms with Crippen LogP contribution >= 0.6 is 0 Å². The van der Waals surface area contributed by atoms with Gasteiger partial charge in [-0.1, -0.05) is 31.4 Å². The molecule has 0 aromatic carbocycles. The van der Waals surface area contributed by atoms with E-state index >= 15 is 0 Å². The molecule has 4 heteroatoms. The number of carbonyl (C=O) groups is 2. The second-order valence-electron chi connectivity index (χ2n) is 6.22. The molecule has 19 heavy (non-hydrogen) atoms. The Kier molecular flexibility index (Phi) is 4.27. The molecule has 1 N–H and O–H groups in total. The van der Waals surface area contributed by atoms with E-state index in [0.717, 1.165) is 25.0 Å². The lowest BCUT2D eigenvalue weighted by Crippen LogP contribution is -2.39. The first-order chi connectivity index (χ1) is 9.01. The van der Waals surface area contributed by atoms with Crippen molar-refractivity contribution < 1.29 is 9.59 Å². The molecule has 0 aromatic heterocycles. The summed E-state index contributed by atoms with van der Waals surface area (Å²) >= 11 is 0. The molecule has 0 unspecified atom stereocenters. The first-order valence-corrected chi connectivity index (χ1v) is 7.20. The number of rotatable bonds is 4. The fourth-order valence-corrected chi connectivity index (χ4v) is 3.24. The second kappa shape index (κ2) is 5.76. The average molecular weight is 264 g/mol. The van der Waals surface area contributed by atoms with Crippen molar-refractivity contribution >= 4 is 11.8 Å². The SMILES string of the molecule is C=C(C)CNC(=O)CN1CC2(CCCCC2)CC1=O. The molecule has 1 spiro atoms. The van der Waals surface area contributed by atoms with Crippen LogP contribution in [-0.2, 0) is 9.59 Å². The first kappa shape index (κ1) is 14.1. The molecule has 0 bridgehead atoms. The van der Waals surface area contributed by atoms with Gasteiger partial charge in [-0.25, -0.2) is 0 Å². The Hall–Kier alpha value is -1.32. The second-order valence-corrected chi connectivity index (χ2v) is 6.22. The summed E-state index contributed by atoms with van der Waals surface area (Å²) in [6.45, 7) is 7.08. The molecule has 1 heterocycles. The van der Waals surface area contributed by atoms with E-state index in [1.807, 2.05) is 6.92 Å². The van der Waals surface area contributed by atoms with Gasteiger partial charge in [-0.2, -0.15) is 0 Å². The van der Waals surface area contributed by atoms with Gasteiger partial charge < -0.3 is 10.2 Å². The van der Waals surface area contributed by atoms with Gasteiger partial charge in [0.05, 0.1) is 6.54 Å². The third-order valence-electron chi connectivity index (χ3n) is 4.24. The van der Waals surface area contributed by atoms with Gasteiger partial charge in [0, 0.05) is 19.5 Å². The zero-order valence-corrected chi connectivity index (χ0v) is 11.8. The summed E-state index contributed by atoms with van der Waals surface area (Å²) in [6.07, 6.45) is 6.66. The summed E-state index contributed by atoms with van der Waals surface area (Å²) in [5.74, 6) is 0.0663. The molecule has 4 nitrogen and oxygen atoms in total. The van der Waals surface area contributed by atoms with Gasteiger partial charge in [0.15, 0.2) is 0 Å². The van der Waals surface area contributed by atoms with Crippen LogP contribution in [0.3, 0.4) is 0 Å². The normalized spacial score (nSPS) is 21.7. The van der Waals surface area contributed by atoms with E-state index in [2.05, 4.69) is 11.9 Å². The van der Waals surface area contributed by atoms with Gasteiger partial charge >= 0.3 is 0 Å². The molecule has 2 rings (SSSR count). The van der Waals surface area contributed by atoms with Crippen molar-refractivity contribution in [3.05, 3.63) is 12.2 Å². The summed E-state index contributed by atoms with van der Waals surface area (Å²) in [6, 6.07) is 0. The lowest BCUT2D eigenvalue weighted by Gasteiger charge is -2.32. The molecule has 1 saturated heterocycles. The summed E-state index contributed by atoms with van der Waals surface area (Å²) in [5, 5.41) is 2.79. The van der Waals surface area contributed by atoms with Crippen LogP contribution in [0.4, 0.5) is 0 Å². The topological polar surface area (TPSA) is 49.4 Å². The number of hydrogen-bond donors (Lipinski definition) is 1. The molecule has 2 amide bonds. The van der Waals surface area contributed by atoms with Crippen LogP contribution in [0.5, 0.6) is 0 Å². The highest BCUT2D eigenvalue weighted by Crippen LogP contribution is 2.43. The van der Waals surface area contributed by atoms with Gasteiger partial charge in [0.1, 0.15) is 0 Å². The lowest BCUT2D eigenvalue weighted by molar-refractivity contribution is -0.133. The molecular weight excluding hydrogens is 240 g/mol. The Morgan fingerprint density at radius 1 is 1.37 bits per heavy atom. The standard InChI is InChI=1S/C15H24N2O2/c1-12(2)9-16-13(18)10-17-11-15(8-14(17)19)6-4-3-5-7-15/h1,3-11H2,2H3,(H,16,18). The maximum Gasteiger partial charge on any atom is 0.239 e. The Bertz CT molecular complexity index is 384. The monoisotopic (exact) mass is 264 g/mol. The highest BCUT2D eigenvalue weighted by Gasteiger charge is 2.43. The van der Waals surface area contributed by atoms with Crippen LogP contribution in [0.2, 0.25) is 0 Å². The van der Waals surface area contributed by atoms with Crippen LogP contribution < -0.4 is 5.32 Å². The van der Waals surface area contributed by atoms with E-state index in [9.17, 15) is 9.59 Å². The third-order valence-corrected chi connectivity index (χ3v) is 4.24. The maximum atomic E-state index is 12.0. The van der Waals surface area contributed by atoms with E-state index in [1.54, 1.807) is 4.90 Å². The van der Waals surface area contributed by atoms with E-state index in [0.29, 0.717) is 13.0 Å². The smallest absolute Gasteiger partial charge is 0.239 e. The number of carbonyl (C=O) groups excluding carboxylic acids is 2. The molecule has 106 valence electrons. The van der Waals surface area contributed by atoms with Gasteiger partial charge in [0.2, 0.25) is 11.8 Å². The van der Waals surface area contributed by atoms with Gasteiger partial charge in [-0.15, -0.1) is 0 Å². The highest BCUT2D eigenvalue weighted by atomic mass is 16.2. The third kappa shape index (κ3) is 3.58. The fraction of sp³-hybridized carbons (Fsp3) is 0.733. The van der Waals surface area contributed by atoms with Crippen molar-refractivity contribution in [2.24, 2.45) is 5.41 Å². The van der Waals surface area contributed by atoms with Gasteiger partial charge in [0.25, 0.3) is 0 Å². The highest BCUT2D eigenvalue weighted by molar-refractivity contribution is 5.86. The van der Waals surface area contributed by atoms with Crippen LogP contribution in [0, 0.1) is 5.41 Å². The van der Waals surface area contributed by atoms with Crippen molar-refractivity contribution in [1.29, 1.82) is 0 Å². The molecule has 1 aliphatic heterocycles. The Morgan fingerprint density at radius 2 is 2.05 bits per heavy atom. The molecule has 0 atom stereocenters. The van der Waals surface area contributed by atoms with Gasteiger partial charge in [-0.05, 0) is 25.2 Å². The van der Waals surface area contributed by atoms with Gasteiger partial charge in [-0.3, -0.25) is 9.59 Å². The molecule has 1 aliphatic carbocycles. The van der Waals surface area contributed by atoms with Crippen molar-refractivity contribution in [1.82, 2.24) is 10.2 Å². The number of amides is 2. The minimum atomic E-state index is -0.0794. The lowest BCUT2D eigenvalue weighted by atomic mass is 9.73. The van der Waals surface area contributed by atoms with Crippen LogP contribution in [0.15, 0.2) is 12.2 Å². The predicted octanol–water partition coefficient (Wildman–Crippen LogP) is 1.86. The van der Waals surface area contributed by atoms with Crippen molar-refractivity contribution in [3.63, 3.8) is 0 Å². The Morgan fingerprint density at radius 3 is 2.68 bits per heavy atom. The molecule has 1 saturated carbocycles. The average Bonchev–Trinajstić information content (AvgIpc) is 2.64. The first-order valence-electron chi connectivity index (χ1n) is 7.20. The Labute approximate surface area is 115 Å². The fourth-order valence-electron chi connectivity index (χ4n) is 3.24. The van der Waals surface area contributed by atoms with E-state index in [1.165, 1.54) is 19.3 Å². The minimum absolute atomic E-state index is 0.0794. The molecule has 2 aliphatic rings. The summed E-state index contributed by atoms with van der Waals surface area (Å²) < 4.78 is 0. The molecule has 0 aromatic rings.